The van der Waals surface area contributed by atoms with Crippen molar-refractivity contribution in [2.45, 2.75) is 18.4 Å². The zero-order chi connectivity index (χ0) is 13.7. The van der Waals surface area contributed by atoms with Crippen molar-refractivity contribution in [1.82, 2.24) is 4.90 Å². The summed E-state index contributed by atoms with van der Waals surface area (Å²) in [4.78, 5) is 2.50. The van der Waals surface area contributed by atoms with E-state index in [-0.39, 0.29) is 5.41 Å². The van der Waals surface area contributed by atoms with Gasteiger partial charge in [-0.3, -0.25) is 4.90 Å². The Labute approximate surface area is 132 Å². The lowest BCUT2D eigenvalue weighted by Gasteiger charge is -2.37. The average molecular weight is 377 g/mol. The van der Waals surface area contributed by atoms with Crippen molar-refractivity contribution in [2.24, 2.45) is 0 Å². The second-order valence-corrected chi connectivity index (χ2v) is 7.14. The van der Waals surface area contributed by atoms with Gasteiger partial charge in [-0.1, -0.05) is 18.2 Å². The van der Waals surface area contributed by atoms with Crippen molar-refractivity contribution in [1.29, 1.82) is 0 Å². The summed E-state index contributed by atoms with van der Waals surface area (Å²) < 4.78 is 1.28. The Morgan fingerprint density at radius 3 is 2.70 bits per heavy atom. The van der Waals surface area contributed by atoms with Crippen molar-refractivity contribution >= 4 is 22.6 Å². The van der Waals surface area contributed by atoms with E-state index in [1.54, 1.807) is 0 Å². The molecule has 1 saturated heterocycles. The molecular weight excluding hydrogens is 361 g/mol. The molecule has 0 amide bonds. The Hall–Kier alpha value is -1.07. The molecule has 0 saturated carbocycles. The van der Waals surface area contributed by atoms with Gasteiger partial charge in [0, 0.05) is 22.1 Å². The van der Waals surface area contributed by atoms with Gasteiger partial charge in [0.2, 0.25) is 0 Å². The fraction of sp³-hybridized carbons (Fsp3) is 0.294. The van der Waals surface area contributed by atoms with Crippen LogP contribution >= 0.6 is 22.6 Å². The maximum atomic E-state index is 9.75. The van der Waals surface area contributed by atoms with E-state index in [1.165, 1.54) is 26.7 Å². The molecule has 2 aliphatic heterocycles. The van der Waals surface area contributed by atoms with Gasteiger partial charge in [0.25, 0.3) is 0 Å². The highest BCUT2D eigenvalue weighted by atomic mass is 127. The van der Waals surface area contributed by atoms with E-state index in [4.69, 9.17) is 0 Å². The summed E-state index contributed by atoms with van der Waals surface area (Å²) in [7, 11) is 0. The number of phenols is 1. The molecule has 2 aliphatic rings. The van der Waals surface area contributed by atoms with Crippen molar-refractivity contribution < 1.29 is 5.11 Å². The predicted molar refractivity (Wildman–Crippen MR) is 87.9 cm³/mol. The van der Waals surface area contributed by atoms with Crippen molar-refractivity contribution in [2.75, 3.05) is 13.1 Å². The number of nitrogens with zero attached hydrogens (tertiary/aromatic N) is 1. The topological polar surface area (TPSA) is 23.5 Å². The first kappa shape index (κ1) is 12.7. The molecule has 2 aromatic rings. The number of benzene rings is 2. The van der Waals surface area contributed by atoms with E-state index >= 15 is 0 Å². The summed E-state index contributed by atoms with van der Waals surface area (Å²) in [5.74, 6) is 0.379. The van der Waals surface area contributed by atoms with Crippen LogP contribution in [0.2, 0.25) is 0 Å². The molecule has 2 nitrogen and oxygen atoms in total. The number of halogens is 1. The first-order chi connectivity index (χ1) is 9.67. The Kier molecular flexibility index (Phi) is 2.82. The van der Waals surface area contributed by atoms with Gasteiger partial charge in [-0.15, -0.1) is 0 Å². The van der Waals surface area contributed by atoms with Crippen LogP contribution in [0.1, 0.15) is 23.1 Å². The lowest BCUT2D eigenvalue weighted by molar-refractivity contribution is 0.294. The SMILES string of the molecule is Oc1ccc2c(c1)CN1CCC2(c2ccc(I)cc2)C1. The van der Waals surface area contributed by atoms with Gasteiger partial charge in [0.05, 0.1) is 0 Å². The third-order valence-electron chi connectivity index (χ3n) is 4.74. The summed E-state index contributed by atoms with van der Waals surface area (Å²) in [5.41, 5.74) is 4.22. The smallest absolute Gasteiger partial charge is 0.115 e. The largest absolute Gasteiger partial charge is 0.508 e. The second kappa shape index (κ2) is 4.46. The fourth-order valence-corrected chi connectivity index (χ4v) is 4.18. The van der Waals surface area contributed by atoms with Crippen LogP contribution in [0, 0.1) is 3.57 Å². The lowest BCUT2D eigenvalue weighted by Crippen LogP contribution is -2.37. The third kappa shape index (κ3) is 1.79. The van der Waals surface area contributed by atoms with E-state index in [9.17, 15) is 5.11 Å². The number of hydrogen-bond acceptors (Lipinski definition) is 2. The molecule has 2 bridgehead atoms. The number of rotatable bonds is 1. The van der Waals surface area contributed by atoms with Gasteiger partial charge in [0.15, 0.2) is 0 Å². The molecule has 1 N–H and O–H groups in total. The minimum Gasteiger partial charge on any atom is -0.508 e. The van der Waals surface area contributed by atoms with E-state index in [0.717, 1.165) is 19.6 Å². The maximum absolute atomic E-state index is 9.75. The van der Waals surface area contributed by atoms with Crippen LogP contribution in [0.25, 0.3) is 0 Å². The van der Waals surface area contributed by atoms with E-state index in [1.807, 2.05) is 12.1 Å². The molecule has 0 radical (unpaired) electrons. The molecule has 4 rings (SSSR count). The highest BCUT2D eigenvalue weighted by molar-refractivity contribution is 14.1. The van der Waals surface area contributed by atoms with Gasteiger partial charge >= 0.3 is 0 Å². The molecule has 0 aromatic heterocycles. The Morgan fingerprint density at radius 2 is 1.90 bits per heavy atom. The number of aromatic hydroxyl groups is 1. The van der Waals surface area contributed by atoms with Crippen LogP contribution in [-0.4, -0.2) is 23.1 Å². The van der Waals surface area contributed by atoms with Crippen LogP contribution in [0.3, 0.4) is 0 Å². The van der Waals surface area contributed by atoms with E-state index in [0.29, 0.717) is 5.75 Å². The predicted octanol–water partition coefficient (Wildman–Crippen LogP) is 3.50. The highest BCUT2D eigenvalue weighted by Gasteiger charge is 2.45. The zero-order valence-corrected chi connectivity index (χ0v) is 13.3. The van der Waals surface area contributed by atoms with Gasteiger partial charge in [-0.2, -0.15) is 0 Å². The zero-order valence-electron chi connectivity index (χ0n) is 11.1. The summed E-state index contributed by atoms with van der Waals surface area (Å²) in [6.07, 6.45) is 1.17. The van der Waals surface area contributed by atoms with Crippen LogP contribution in [0.5, 0.6) is 5.75 Å². The van der Waals surface area contributed by atoms with Crippen molar-refractivity contribution in [3.63, 3.8) is 0 Å². The summed E-state index contributed by atoms with van der Waals surface area (Å²) in [6, 6.07) is 14.8. The molecule has 1 fully saturated rings. The van der Waals surface area contributed by atoms with Crippen molar-refractivity contribution in [3.05, 3.63) is 62.7 Å². The van der Waals surface area contributed by atoms with Crippen LogP contribution in [0.15, 0.2) is 42.5 Å². The second-order valence-electron chi connectivity index (χ2n) is 5.89. The molecule has 0 aliphatic carbocycles. The van der Waals surface area contributed by atoms with Crippen LogP contribution < -0.4 is 0 Å². The Morgan fingerprint density at radius 1 is 1.10 bits per heavy atom. The third-order valence-corrected chi connectivity index (χ3v) is 5.46. The van der Waals surface area contributed by atoms with E-state index < -0.39 is 0 Å². The van der Waals surface area contributed by atoms with E-state index in [2.05, 4.69) is 57.8 Å². The standard InChI is InChI=1S/C17H16INO/c18-14-3-1-13(2-4-14)17-7-8-19(11-17)10-12-9-15(20)5-6-16(12)17/h1-6,9,20H,7-8,10-11H2. The van der Waals surface area contributed by atoms with Crippen LogP contribution in [-0.2, 0) is 12.0 Å². The Balaban J connectivity index is 1.91. The monoisotopic (exact) mass is 377 g/mol. The quantitative estimate of drug-likeness (QED) is 0.769. The van der Waals surface area contributed by atoms with Crippen molar-refractivity contribution in [3.8, 4) is 5.75 Å². The molecule has 2 unspecified atom stereocenters. The Bertz CT molecular complexity index is 667. The highest BCUT2D eigenvalue weighted by Crippen LogP contribution is 2.47. The molecule has 2 heterocycles. The molecule has 2 atom stereocenters. The summed E-state index contributed by atoms with van der Waals surface area (Å²) >= 11 is 2.36. The summed E-state index contributed by atoms with van der Waals surface area (Å²) in [6.45, 7) is 3.21. The first-order valence-electron chi connectivity index (χ1n) is 6.98. The van der Waals surface area contributed by atoms with Gasteiger partial charge in [0.1, 0.15) is 5.75 Å². The fourth-order valence-electron chi connectivity index (χ4n) is 3.82. The van der Waals surface area contributed by atoms with Gasteiger partial charge in [-0.25, -0.2) is 0 Å². The lowest BCUT2D eigenvalue weighted by atomic mass is 9.71. The van der Waals surface area contributed by atoms with Gasteiger partial charge in [-0.05, 0) is 76.5 Å². The first-order valence-corrected chi connectivity index (χ1v) is 8.06. The molecule has 2 aromatic carbocycles. The normalized spacial score (nSPS) is 27.4. The maximum Gasteiger partial charge on any atom is 0.115 e. The minimum atomic E-state index is 0.117. The average Bonchev–Trinajstić information content (AvgIpc) is 2.79. The summed E-state index contributed by atoms with van der Waals surface area (Å²) in [5, 5.41) is 9.75. The number of hydrogen-bond donors (Lipinski definition) is 1. The number of phenolic OH excluding ortho intramolecular Hbond substituents is 1. The molecule has 20 heavy (non-hydrogen) atoms. The molecule has 102 valence electrons. The number of fused-ring (bicyclic) bond motifs is 4. The molecule has 0 spiro atoms. The molecular formula is C17H16INO. The van der Waals surface area contributed by atoms with Gasteiger partial charge < -0.3 is 5.11 Å². The van der Waals surface area contributed by atoms with Crippen LogP contribution in [0.4, 0.5) is 0 Å². The minimum absolute atomic E-state index is 0.117. The molecule has 3 heteroatoms.